The van der Waals surface area contributed by atoms with Crippen LogP contribution in [0.15, 0.2) is 43.0 Å². The topological polar surface area (TPSA) is 96.2 Å². The van der Waals surface area contributed by atoms with Crippen LogP contribution in [0.25, 0.3) is 11.4 Å². The molecule has 2 atom stereocenters. The molecule has 0 aliphatic carbocycles. The van der Waals surface area contributed by atoms with Gasteiger partial charge in [0.25, 0.3) is 0 Å². The van der Waals surface area contributed by atoms with Crippen LogP contribution < -0.4 is 5.32 Å². The number of benzene rings is 1. The normalized spacial score (nSPS) is 22.4. The van der Waals surface area contributed by atoms with Crippen molar-refractivity contribution in [3.05, 3.63) is 54.4 Å². The van der Waals surface area contributed by atoms with Crippen LogP contribution in [-0.4, -0.2) is 48.4 Å². The molecule has 0 aromatic heterocycles. The number of carbonyl (C=O) groups is 1. The Morgan fingerprint density at radius 3 is 2.96 bits per heavy atom. The predicted molar refractivity (Wildman–Crippen MR) is 98.7 cm³/mol. The smallest absolute Gasteiger partial charge is 0.319 e. The summed E-state index contributed by atoms with van der Waals surface area (Å²) in [5, 5.41) is 20.9. The fraction of sp³-hybridized carbons (Fsp3) is 0.368. The first-order valence-electron chi connectivity index (χ1n) is 9.09. The van der Waals surface area contributed by atoms with Gasteiger partial charge in [0.15, 0.2) is 5.82 Å². The van der Waals surface area contributed by atoms with E-state index in [0.717, 1.165) is 11.1 Å². The van der Waals surface area contributed by atoms with Crippen LogP contribution in [0.3, 0.4) is 0 Å². The number of rotatable bonds is 3. The lowest BCUT2D eigenvalue weighted by atomic mass is 9.94. The largest absolute Gasteiger partial charge is 0.393 e. The van der Waals surface area contributed by atoms with Crippen molar-refractivity contribution in [2.75, 3.05) is 6.54 Å². The lowest BCUT2D eigenvalue weighted by Gasteiger charge is -2.47. The number of aromatic nitrogens is 4. The molecule has 3 aliphatic heterocycles. The number of urea groups is 1. The Morgan fingerprint density at radius 2 is 2.18 bits per heavy atom. The average molecular weight is 384 g/mol. The van der Waals surface area contributed by atoms with Crippen molar-refractivity contribution in [1.29, 1.82) is 0 Å². The molecule has 0 saturated carbocycles. The standard InChI is InChI=1S/C19H21FN6O2/c1-19(25-11-14-10-23-24-17(14)22-12-25)8-16(27)6-7-26(19)18(28)21-9-13-2-4-15(20)5-3-13/h2-5,10-12,16,27H,6-9H2,1H3,(H,21,28). The molecule has 2 N–H and O–H groups in total. The van der Waals surface area contributed by atoms with Crippen LogP contribution in [0, 0.1) is 5.82 Å². The van der Waals surface area contributed by atoms with Crippen molar-refractivity contribution in [3.63, 3.8) is 0 Å². The summed E-state index contributed by atoms with van der Waals surface area (Å²) in [4.78, 5) is 18.9. The highest BCUT2D eigenvalue weighted by Crippen LogP contribution is 2.34. The number of halogens is 1. The van der Waals surface area contributed by atoms with E-state index in [9.17, 15) is 14.3 Å². The first-order chi connectivity index (χ1) is 13.5. The van der Waals surface area contributed by atoms with Gasteiger partial charge in [-0.25, -0.2) is 14.2 Å². The summed E-state index contributed by atoms with van der Waals surface area (Å²) in [5.41, 5.74) is 0.761. The summed E-state index contributed by atoms with van der Waals surface area (Å²) >= 11 is 0. The maximum Gasteiger partial charge on any atom is 0.319 e. The van der Waals surface area contributed by atoms with Gasteiger partial charge < -0.3 is 19.9 Å². The number of aliphatic hydroxyl groups excluding tert-OH is 1. The molecule has 4 rings (SSSR count). The first kappa shape index (κ1) is 18.3. The molecule has 2 amide bonds. The molecule has 8 nitrogen and oxygen atoms in total. The summed E-state index contributed by atoms with van der Waals surface area (Å²) in [5.74, 6) is 0.215. The minimum Gasteiger partial charge on any atom is -0.393 e. The zero-order valence-corrected chi connectivity index (χ0v) is 15.4. The number of amides is 2. The van der Waals surface area contributed by atoms with Crippen molar-refractivity contribution in [1.82, 2.24) is 30.0 Å². The quantitative estimate of drug-likeness (QED) is 0.720. The van der Waals surface area contributed by atoms with Crippen molar-refractivity contribution < 1.29 is 14.3 Å². The number of carbonyl (C=O) groups excluding carboxylic acids is 1. The zero-order valence-electron chi connectivity index (χ0n) is 15.4. The van der Waals surface area contributed by atoms with Gasteiger partial charge in [-0.2, -0.15) is 5.10 Å². The number of nitrogens with one attached hydrogen (secondary N) is 1. The monoisotopic (exact) mass is 384 g/mol. The van der Waals surface area contributed by atoms with Crippen molar-refractivity contribution >= 4 is 6.03 Å². The molecule has 0 spiro atoms. The van der Waals surface area contributed by atoms with Gasteiger partial charge in [-0.15, -0.1) is 5.10 Å². The first-order valence-corrected chi connectivity index (χ1v) is 9.09. The Hall–Kier alpha value is -3.07. The van der Waals surface area contributed by atoms with Gasteiger partial charge in [-0.05, 0) is 31.0 Å². The molecule has 0 bridgehead atoms. The molecule has 0 radical (unpaired) electrons. The maximum atomic E-state index is 13.1. The van der Waals surface area contributed by atoms with Crippen LogP contribution in [-0.2, 0) is 12.2 Å². The highest BCUT2D eigenvalue weighted by atomic mass is 19.1. The van der Waals surface area contributed by atoms with Crippen LogP contribution >= 0.6 is 0 Å². The van der Waals surface area contributed by atoms with Gasteiger partial charge >= 0.3 is 6.03 Å². The third-order valence-corrected chi connectivity index (χ3v) is 5.24. The highest BCUT2D eigenvalue weighted by molar-refractivity contribution is 5.75. The predicted octanol–water partition coefficient (Wildman–Crippen LogP) is 1.96. The number of fused-ring (bicyclic) bond motifs is 1. The number of piperidine rings is 1. The second kappa shape index (κ2) is 7.16. The van der Waals surface area contributed by atoms with Crippen molar-refractivity contribution in [3.8, 4) is 11.4 Å². The summed E-state index contributed by atoms with van der Waals surface area (Å²) in [6.45, 7) is 2.58. The zero-order chi connectivity index (χ0) is 19.7. The summed E-state index contributed by atoms with van der Waals surface area (Å²) < 4.78 is 14.9. The van der Waals surface area contributed by atoms with E-state index in [2.05, 4.69) is 20.5 Å². The molecule has 3 heterocycles. The fourth-order valence-electron chi connectivity index (χ4n) is 3.63. The molecule has 3 aliphatic rings. The second-order valence-electron chi connectivity index (χ2n) is 7.20. The molecular weight excluding hydrogens is 363 g/mol. The fourth-order valence-corrected chi connectivity index (χ4v) is 3.63. The number of hydrogen-bond donors (Lipinski definition) is 2. The van der Waals surface area contributed by atoms with Crippen LogP contribution in [0.1, 0.15) is 25.3 Å². The van der Waals surface area contributed by atoms with Crippen molar-refractivity contribution in [2.45, 2.75) is 38.1 Å². The molecule has 28 heavy (non-hydrogen) atoms. The van der Waals surface area contributed by atoms with Crippen LogP contribution in [0.2, 0.25) is 0 Å². The van der Waals surface area contributed by atoms with E-state index < -0.39 is 11.8 Å². The maximum absolute atomic E-state index is 13.1. The Labute approximate surface area is 161 Å². The molecular formula is C19H21FN6O2. The number of hydrogen-bond acceptors (Lipinski definition) is 5. The highest BCUT2D eigenvalue weighted by Gasteiger charge is 2.42. The minimum absolute atomic E-state index is 0.259. The molecule has 146 valence electrons. The molecule has 1 fully saturated rings. The Morgan fingerprint density at radius 1 is 1.39 bits per heavy atom. The lowest BCUT2D eigenvalue weighted by Crippen LogP contribution is -2.59. The van der Waals surface area contributed by atoms with Crippen molar-refractivity contribution in [2.24, 2.45) is 0 Å². The lowest BCUT2D eigenvalue weighted by molar-refractivity contribution is -0.0323. The number of aliphatic hydroxyl groups is 1. The van der Waals surface area contributed by atoms with E-state index in [1.807, 2.05) is 17.7 Å². The average Bonchev–Trinajstić information content (AvgIpc) is 3.15. The molecule has 2 unspecified atom stereocenters. The number of nitrogens with zero attached hydrogens (tertiary/aromatic N) is 5. The third kappa shape index (κ3) is 3.40. The Kier molecular flexibility index (Phi) is 4.68. The Bertz CT molecular complexity index is 946. The third-order valence-electron chi connectivity index (χ3n) is 5.24. The van der Waals surface area contributed by atoms with E-state index >= 15 is 0 Å². The van der Waals surface area contributed by atoms with E-state index in [-0.39, 0.29) is 18.4 Å². The van der Waals surface area contributed by atoms with E-state index in [1.165, 1.54) is 12.1 Å². The van der Waals surface area contributed by atoms with Crippen LogP contribution in [0.4, 0.5) is 9.18 Å². The van der Waals surface area contributed by atoms with Gasteiger partial charge in [0, 0.05) is 25.7 Å². The summed E-state index contributed by atoms with van der Waals surface area (Å²) in [6, 6.07) is 5.74. The van der Waals surface area contributed by atoms with Gasteiger partial charge in [-0.1, -0.05) is 12.1 Å². The molecule has 1 aromatic rings. The summed E-state index contributed by atoms with van der Waals surface area (Å²) in [7, 11) is 0. The molecule has 9 heteroatoms. The van der Waals surface area contributed by atoms with Gasteiger partial charge in [-0.3, -0.25) is 0 Å². The molecule has 1 aromatic carbocycles. The van der Waals surface area contributed by atoms with Gasteiger partial charge in [0.05, 0.1) is 24.2 Å². The Balaban J connectivity index is 1.57. The van der Waals surface area contributed by atoms with E-state index in [0.29, 0.717) is 25.2 Å². The van der Waals surface area contributed by atoms with Crippen LogP contribution in [0.5, 0.6) is 0 Å². The van der Waals surface area contributed by atoms with Gasteiger partial charge in [0.2, 0.25) is 0 Å². The number of likely N-dealkylation sites (tertiary alicyclic amines) is 1. The second-order valence-corrected chi connectivity index (χ2v) is 7.20. The van der Waals surface area contributed by atoms with E-state index in [4.69, 9.17) is 0 Å². The molecule has 1 saturated heterocycles. The SMILES string of the molecule is CC1(n2cnc3nncc-3c2)CC(O)CCN1C(=O)NCc1ccc(F)cc1. The summed E-state index contributed by atoms with van der Waals surface area (Å²) in [6.07, 6.45) is 5.40. The van der Waals surface area contributed by atoms with E-state index in [1.54, 1.807) is 29.6 Å². The minimum atomic E-state index is -0.803. The van der Waals surface area contributed by atoms with Gasteiger partial charge in [0.1, 0.15) is 11.5 Å².